The van der Waals surface area contributed by atoms with E-state index in [4.69, 9.17) is 11.1 Å². The molecule has 0 radical (unpaired) electrons. The van der Waals surface area contributed by atoms with E-state index in [-0.39, 0.29) is 0 Å². The molecule has 2 nitrogen and oxygen atoms in total. The van der Waals surface area contributed by atoms with Crippen molar-refractivity contribution >= 4 is 11.4 Å². The highest BCUT2D eigenvalue weighted by atomic mass is 14.6. The summed E-state index contributed by atoms with van der Waals surface area (Å²) in [5.74, 6) is 0.488. The summed E-state index contributed by atoms with van der Waals surface area (Å²) in [5, 5.41) is 7.47. The van der Waals surface area contributed by atoms with Crippen molar-refractivity contribution in [2.45, 2.75) is 54.4 Å². The average Bonchev–Trinajstić information content (AvgIpc) is 2.33. The first-order valence-electron chi connectivity index (χ1n) is 6.47. The average molecular weight is 236 g/mol. The molecule has 1 aromatic rings. The summed E-state index contributed by atoms with van der Waals surface area (Å²) in [6, 6.07) is 5.92. The maximum Gasteiger partial charge on any atom is 0.0408 e. The van der Waals surface area contributed by atoms with E-state index in [9.17, 15) is 0 Å². The second-order valence-electron chi connectivity index (χ2n) is 3.63. The van der Waals surface area contributed by atoms with Gasteiger partial charge in [-0.05, 0) is 24.5 Å². The summed E-state index contributed by atoms with van der Waals surface area (Å²) >= 11 is 0. The second-order valence-corrected chi connectivity index (χ2v) is 3.63. The van der Waals surface area contributed by atoms with Crippen molar-refractivity contribution < 1.29 is 0 Å². The molecule has 0 aliphatic rings. The lowest BCUT2D eigenvalue weighted by atomic mass is 9.99. The Kier molecular flexibility index (Phi) is 10.5. The Labute approximate surface area is 107 Å². The van der Waals surface area contributed by atoms with Crippen molar-refractivity contribution in [3.63, 3.8) is 0 Å². The first kappa shape index (κ1) is 18.1. The number of hydrogen-bond donors (Lipinski definition) is 2. The first-order valence-corrected chi connectivity index (χ1v) is 6.47. The van der Waals surface area contributed by atoms with Crippen LogP contribution in [0.25, 0.3) is 0 Å². The van der Waals surface area contributed by atoms with E-state index < -0.39 is 0 Å². The number of nitrogen functional groups attached to an aromatic ring is 1. The minimum atomic E-state index is 0.488. The molecule has 3 N–H and O–H groups in total. The Balaban J connectivity index is 0. The fourth-order valence-electron chi connectivity index (χ4n) is 1.28. The smallest absolute Gasteiger partial charge is 0.0408 e. The third-order valence-electron chi connectivity index (χ3n) is 2.15. The van der Waals surface area contributed by atoms with Gasteiger partial charge in [0.05, 0.1) is 0 Å². The molecule has 98 valence electrons. The van der Waals surface area contributed by atoms with Crippen LogP contribution < -0.4 is 5.73 Å². The molecule has 0 aliphatic carbocycles. The van der Waals surface area contributed by atoms with Crippen LogP contribution >= 0.6 is 0 Å². The molecular formula is C15H28N2. The van der Waals surface area contributed by atoms with E-state index >= 15 is 0 Å². The molecule has 17 heavy (non-hydrogen) atoms. The molecule has 2 heteroatoms. The van der Waals surface area contributed by atoms with Crippen molar-refractivity contribution in [2.75, 3.05) is 5.73 Å². The van der Waals surface area contributed by atoms with Gasteiger partial charge >= 0.3 is 0 Å². The van der Waals surface area contributed by atoms with Gasteiger partial charge in [0, 0.05) is 17.0 Å². The quantitative estimate of drug-likeness (QED) is 0.560. The summed E-state index contributed by atoms with van der Waals surface area (Å²) in [7, 11) is 0. The standard InChI is InChI=1S/C11H16N2.2C2H6/c1-7(2)9-4-5-10(8(3)12)11(13)6-9;2*1-2/h4-7,12H,13H2,1-3H3;2*1-2H3. The molecule has 0 saturated carbocycles. The molecule has 0 fully saturated rings. The largest absolute Gasteiger partial charge is 0.398 e. The van der Waals surface area contributed by atoms with E-state index in [1.807, 2.05) is 45.9 Å². The number of nitrogens with one attached hydrogen (secondary N) is 1. The van der Waals surface area contributed by atoms with Crippen LogP contribution in [0.5, 0.6) is 0 Å². The van der Waals surface area contributed by atoms with Gasteiger partial charge in [0.2, 0.25) is 0 Å². The summed E-state index contributed by atoms with van der Waals surface area (Å²) in [6.07, 6.45) is 0. The van der Waals surface area contributed by atoms with Crippen LogP contribution in [0, 0.1) is 5.41 Å². The van der Waals surface area contributed by atoms with Gasteiger partial charge in [-0.25, -0.2) is 0 Å². The van der Waals surface area contributed by atoms with Gasteiger partial charge in [0.1, 0.15) is 0 Å². The Hall–Kier alpha value is -1.31. The van der Waals surface area contributed by atoms with Crippen molar-refractivity contribution in [3.8, 4) is 0 Å². The summed E-state index contributed by atoms with van der Waals surface area (Å²) in [6.45, 7) is 14.0. The molecule has 0 unspecified atom stereocenters. The van der Waals surface area contributed by atoms with Gasteiger partial charge in [-0.2, -0.15) is 0 Å². The van der Waals surface area contributed by atoms with E-state index in [0.29, 0.717) is 17.3 Å². The molecule has 0 saturated heterocycles. The monoisotopic (exact) mass is 236 g/mol. The van der Waals surface area contributed by atoms with Crippen LogP contribution in [0.3, 0.4) is 0 Å². The van der Waals surface area contributed by atoms with Crippen molar-refractivity contribution in [1.82, 2.24) is 0 Å². The predicted octanol–water partition coefficient (Wildman–Crippen LogP) is 4.83. The molecule has 0 spiro atoms. The Morgan fingerprint density at radius 3 is 1.88 bits per heavy atom. The third-order valence-corrected chi connectivity index (χ3v) is 2.15. The fraction of sp³-hybridized carbons (Fsp3) is 0.533. The lowest BCUT2D eigenvalue weighted by Crippen LogP contribution is -2.01. The van der Waals surface area contributed by atoms with E-state index in [2.05, 4.69) is 13.8 Å². The fourth-order valence-corrected chi connectivity index (χ4v) is 1.28. The lowest BCUT2D eigenvalue weighted by molar-refractivity contribution is 0.867. The predicted molar refractivity (Wildman–Crippen MR) is 80.1 cm³/mol. The van der Waals surface area contributed by atoms with Crippen molar-refractivity contribution in [1.29, 1.82) is 5.41 Å². The zero-order valence-corrected chi connectivity index (χ0v) is 12.4. The number of rotatable bonds is 2. The second kappa shape index (κ2) is 9.88. The zero-order valence-electron chi connectivity index (χ0n) is 12.4. The maximum atomic E-state index is 7.47. The highest BCUT2D eigenvalue weighted by molar-refractivity contribution is 6.00. The van der Waals surface area contributed by atoms with Gasteiger partial charge in [0.25, 0.3) is 0 Å². The molecule has 0 aromatic heterocycles. The molecule has 1 aromatic carbocycles. The summed E-state index contributed by atoms with van der Waals surface area (Å²) < 4.78 is 0. The molecular weight excluding hydrogens is 208 g/mol. The highest BCUT2D eigenvalue weighted by Crippen LogP contribution is 2.20. The first-order chi connectivity index (χ1) is 8.02. The maximum absolute atomic E-state index is 7.47. The minimum Gasteiger partial charge on any atom is -0.398 e. The Morgan fingerprint density at radius 2 is 1.59 bits per heavy atom. The molecule has 0 amide bonds. The number of benzene rings is 1. The lowest BCUT2D eigenvalue weighted by Gasteiger charge is -2.09. The van der Waals surface area contributed by atoms with Crippen LogP contribution in [-0.4, -0.2) is 5.71 Å². The highest BCUT2D eigenvalue weighted by Gasteiger charge is 2.04. The third kappa shape index (κ3) is 6.10. The van der Waals surface area contributed by atoms with Gasteiger partial charge in [-0.1, -0.05) is 53.7 Å². The Morgan fingerprint density at radius 1 is 1.12 bits per heavy atom. The normalized spacial score (nSPS) is 8.71. The SMILES string of the molecule is CC.CC.CC(=N)c1ccc(C(C)C)cc1N. The van der Waals surface area contributed by atoms with Crippen LogP contribution in [0.4, 0.5) is 5.69 Å². The molecule has 0 atom stereocenters. The molecule has 0 bridgehead atoms. The van der Waals surface area contributed by atoms with Gasteiger partial charge < -0.3 is 11.1 Å². The zero-order chi connectivity index (χ0) is 14.0. The molecule has 0 aliphatic heterocycles. The minimum absolute atomic E-state index is 0.488. The molecule has 0 heterocycles. The van der Waals surface area contributed by atoms with E-state index in [0.717, 1.165) is 5.56 Å². The Bertz CT molecular complexity index is 328. The number of hydrogen-bond acceptors (Lipinski definition) is 2. The van der Waals surface area contributed by atoms with E-state index in [1.165, 1.54) is 5.56 Å². The van der Waals surface area contributed by atoms with Crippen LogP contribution in [0.2, 0.25) is 0 Å². The van der Waals surface area contributed by atoms with Crippen molar-refractivity contribution in [3.05, 3.63) is 29.3 Å². The van der Waals surface area contributed by atoms with Crippen LogP contribution in [-0.2, 0) is 0 Å². The van der Waals surface area contributed by atoms with Crippen molar-refractivity contribution in [2.24, 2.45) is 0 Å². The molecule has 1 rings (SSSR count). The summed E-state index contributed by atoms with van der Waals surface area (Å²) in [5.41, 5.74) is 9.11. The topological polar surface area (TPSA) is 49.9 Å². The summed E-state index contributed by atoms with van der Waals surface area (Å²) in [4.78, 5) is 0. The van der Waals surface area contributed by atoms with Gasteiger partial charge in [-0.15, -0.1) is 0 Å². The van der Waals surface area contributed by atoms with Gasteiger partial charge in [-0.3, -0.25) is 0 Å². The van der Waals surface area contributed by atoms with Gasteiger partial charge in [0.15, 0.2) is 0 Å². The number of nitrogens with two attached hydrogens (primary N) is 1. The number of anilines is 1. The van der Waals surface area contributed by atoms with E-state index in [1.54, 1.807) is 6.92 Å². The van der Waals surface area contributed by atoms with Crippen LogP contribution in [0.15, 0.2) is 18.2 Å². The van der Waals surface area contributed by atoms with Crippen LogP contribution in [0.1, 0.15) is 65.5 Å².